The predicted molar refractivity (Wildman–Crippen MR) is 118 cm³/mol. The molecule has 2 aromatic rings. The first kappa shape index (κ1) is 21.6. The van der Waals surface area contributed by atoms with Crippen molar-refractivity contribution >= 4 is 22.6 Å². The molecule has 1 unspecified atom stereocenters. The summed E-state index contributed by atoms with van der Waals surface area (Å²) >= 11 is 0. The lowest BCUT2D eigenvalue weighted by Gasteiger charge is -2.19. The third-order valence-corrected chi connectivity index (χ3v) is 5.22. The van der Waals surface area contributed by atoms with E-state index in [1.807, 2.05) is 30.3 Å². The summed E-state index contributed by atoms with van der Waals surface area (Å²) < 4.78 is 5.22. The molecule has 30 heavy (non-hydrogen) atoms. The molecule has 1 aliphatic carbocycles. The lowest BCUT2D eigenvalue weighted by Crippen LogP contribution is -2.34. The quantitative estimate of drug-likeness (QED) is 0.543. The molecule has 3 rings (SSSR count). The van der Waals surface area contributed by atoms with Gasteiger partial charge in [-0.15, -0.1) is 0 Å². The summed E-state index contributed by atoms with van der Waals surface area (Å²) in [6.45, 7) is 1.81. The fourth-order valence-corrected chi connectivity index (χ4v) is 3.68. The number of nitrogens with one attached hydrogen (secondary N) is 1. The highest BCUT2D eigenvalue weighted by molar-refractivity contribution is 6.07. The molecular formula is C25H29NO4. The summed E-state index contributed by atoms with van der Waals surface area (Å²) in [4.78, 5) is 23.6. The van der Waals surface area contributed by atoms with Crippen LogP contribution in [0.3, 0.4) is 0 Å². The zero-order chi connectivity index (χ0) is 21.3. The molecule has 0 radical (unpaired) electrons. The number of hydrogen-bond donors (Lipinski definition) is 2. The number of aryl methyl sites for hydroxylation is 1. The van der Waals surface area contributed by atoms with Crippen molar-refractivity contribution in [3.63, 3.8) is 0 Å². The third-order valence-electron chi connectivity index (χ3n) is 5.22. The van der Waals surface area contributed by atoms with Gasteiger partial charge < -0.3 is 15.2 Å². The maximum absolute atomic E-state index is 12.9. The largest absolute Gasteiger partial charge is 0.482 e. The normalized spacial score (nSPS) is 15.6. The maximum atomic E-state index is 12.9. The Bertz CT molecular complexity index is 961. The lowest BCUT2D eigenvalue weighted by atomic mass is 9.98. The van der Waals surface area contributed by atoms with E-state index in [-0.39, 0.29) is 11.9 Å². The Kier molecular flexibility index (Phi) is 7.66. The van der Waals surface area contributed by atoms with E-state index in [1.54, 1.807) is 12.2 Å². The molecule has 0 bridgehead atoms. The highest BCUT2D eigenvalue weighted by atomic mass is 16.5. The number of fused-ring (bicyclic) bond motifs is 1. The Hall–Kier alpha value is -3.08. The van der Waals surface area contributed by atoms with Gasteiger partial charge in [-0.05, 0) is 53.8 Å². The molecule has 0 spiro atoms. The Morgan fingerprint density at radius 1 is 1.17 bits per heavy atom. The van der Waals surface area contributed by atoms with Gasteiger partial charge in [0.15, 0.2) is 6.61 Å². The number of amides is 1. The van der Waals surface area contributed by atoms with Crippen LogP contribution in [0, 0.1) is 0 Å². The van der Waals surface area contributed by atoms with Crippen molar-refractivity contribution < 1.29 is 19.4 Å². The molecule has 1 aliphatic rings. The fraction of sp³-hybridized carbons (Fsp3) is 0.360. The van der Waals surface area contributed by atoms with Crippen LogP contribution in [0.5, 0.6) is 0 Å². The zero-order valence-electron chi connectivity index (χ0n) is 17.4. The number of carbonyl (C=O) groups is 2. The summed E-state index contributed by atoms with van der Waals surface area (Å²) in [6.07, 6.45) is 12.0. The van der Waals surface area contributed by atoms with E-state index >= 15 is 0 Å². The van der Waals surface area contributed by atoms with Crippen molar-refractivity contribution in [3.8, 4) is 0 Å². The Morgan fingerprint density at radius 3 is 2.83 bits per heavy atom. The lowest BCUT2D eigenvalue weighted by molar-refractivity contribution is -0.140. The number of benzene rings is 2. The summed E-state index contributed by atoms with van der Waals surface area (Å²) in [5.74, 6) is -0.721. The van der Waals surface area contributed by atoms with Crippen molar-refractivity contribution in [2.24, 2.45) is 0 Å². The van der Waals surface area contributed by atoms with E-state index < -0.39 is 12.6 Å². The number of unbranched alkanes of at least 4 members (excludes halogenated alkanes) is 3. The smallest absolute Gasteiger partial charge is 0.341 e. The van der Waals surface area contributed by atoms with Crippen LogP contribution < -0.4 is 5.32 Å². The van der Waals surface area contributed by atoms with Crippen LogP contribution in [0.25, 0.3) is 10.8 Å². The molecule has 1 amide bonds. The van der Waals surface area contributed by atoms with Gasteiger partial charge in [0.05, 0.1) is 6.04 Å². The number of carboxylic acid groups (broad SMARTS) is 1. The van der Waals surface area contributed by atoms with E-state index in [9.17, 15) is 9.59 Å². The van der Waals surface area contributed by atoms with E-state index in [2.05, 4.69) is 24.4 Å². The first-order chi connectivity index (χ1) is 14.6. The fourth-order valence-electron chi connectivity index (χ4n) is 3.68. The third kappa shape index (κ3) is 5.96. The number of carbonyl (C=O) groups excluding carboxylic acids is 1. The number of rotatable bonds is 10. The van der Waals surface area contributed by atoms with E-state index in [4.69, 9.17) is 9.84 Å². The second-order valence-electron chi connectivity index (χ2n) is 7.64. The van der Waals surface area contributed by atoms with Gasteiger partial charge in [0.25, 0.3) is 5.91 Å². The van der Waals surface area contributed by atoms with Gasteiger partial charge in [0, 0.05) is 5.56 Å². The molecule has 5 nitrogen and oxygen atoms in total. The summed E-state index contributed by atoms with van der Waals surface area (Å²) in [5.41, 5.74) is 1.94. The summed E-state index contributed by atoms with van der Waals surface area (Å²) in [7, 11) is 0. The Morgan fingerprint density at radius 2 is 2.03 bits per heavy atom. The maximum Gasteiger partial charge on any atom is 0.341 e. The van der Waals surface area contributed by atoms with E-state index in [0.29, 0.717) is 17.7 Å². The molecule has 1 atom stereocenters. The van der Waals surface area contributed by atoms with Gasteiger partial charge in [0.1, 0.15) is 5.76 Å². The summed E-state index contributed by atoms with van der Waals surface area (Å²) in [6, 6.07) is 11.9. The van der Waals surface area contributed by atoms with Crippen LogP contribution in [0.1, 0.15) is 54.9 Å². The number of hydrogen-bond acceptors (Lipinski definition) is 3. The standard InChI is InChI=1S/C25H29NO4/c1-2-3-4-5-8-18-13-14-22-19(15-18)9-6-12-23(22)25(29)26-20-10-7-11-21(16-20)30-17-24(27)28/h6-7,9,11-16,20H,2-5,8,10,17H2,1H3,(H,26,29)(H,27,28). The van der Waals surface area contributed by atoms with Crippen LogP contribution in [0.2, 0.25) is 0 Å². The topological polar surface area (TPSA) is 75.6 Å². The second kappa shape index (κ2) is 10.6. The molecule has 0 aromatic heterocycles. The molecule has 2 aromatic carbocycles. The van der Waals surface area contributed by atoms with Gasteiger partial charge in [-0.25, -0.2) is 4.79 Å². The van der Waals surface area contributed by atoms with Crippen molar-refractivity contribution in [1.29, 1.82) is 0 Å². The SMILES string of the molecule is CCCCCCc1ccc2c(C(=O)NC3C=C(OCC(=O)O)C=CC3)cccc2c1. The minimum absolute atomic E-state index is 0.148. The molecule has 0 heterocycles. The van der Waals surface area contributed by atoms with Gasteiger partial charge in [0.2, 0.25) is 0 Å². The average Bonchev–Trinajstić information content (AvgIpc) is 2.75. The van der Waals surface area contributed by atoms with Gasteiger partial charge >= 0.3 is 5.97 Å². The van der Waals surface area contributed by atoms with E-state index in [0.717, 1.165) is 17.2 Å². The molecular weight excluding hydrogens is 378 g/mol. The van der Waals surface area contributed by atoms with Gasteiger partial charge in [-0.1, -0.05) is 62.6 Å². The Labute approximate surface area is 177 Å². The Balaban J connectivity index is 1.69. The highest BCUT2D eigenvalue weighted by Crippen LogP contribution is 2.22. The van der Waals surface area contributed by atoms with Crippen LogP contribution in [0.4, 0.5) is 0 Å². The second-order valence-corrected chi connectivity index (χ2v) is 7.64. The molecule has 0 fully saturated rings. The van der Waals surface area contributed by atoms with Gasteiger partial charge in [-0.3, -0.25) is 4.79 Å². The highest BCUT2D eigenvalue weighted by Gasteiger charge is 2.17. The molecule has 0 aliphatic heterocycles. The van der Waals surface area contributed by atoms with Crippen molar-refractivity contribution in [1.82, 2.24) is 5.32 Å². The van der Waals surface area contributed by atoms with Crippen molar-refractivity contribution in [2.75, 3.05) is 6.61 Å². The number of carboxylic acids is 1. The monoisotopic (exact) mass is 407 g/mol. The molecule has 0 saturated heterocycles. The van der Waals surface area contributed by atoms with Crippen LogP contribution >= 0.6 is 0 Å². The summed E-state index contributed by atoms with van der Waals surface area (Å²) in [5, 5.41) is 13.8. The molecule has 0 saturated carbocycles. The molecule has 2 N–H and O–H groups in total. The van der Waals surface area contributed by atoms with Crippen LogP contribution in [-0.4, -0.2) is 29.6 Å². The average molecular weight is 408 g/mol. The van der Waals surface area contributed by atoms with Crippen molar-refractivity contribution in [3.05, 3.63) is 71.5 Å². The minimum Gasteiger partial charge on any atom is -0.482 e. The zero-order valence-corrected chi connectivity index (χ0v) is 17.4. The van der Waals surface area contributed by atoms with Crippen LogP contribution in [0.15, 0.2) is 60.4 Å². The van der Waals surface area contributed by atoms with Gasteiger partial charge in [-0.2, -0.15) is 0 Å². The minimum atomic E-state index is -1.03. The number of ether oxygens (including phenoxy) is 1. The van der Waals surface area contributed by atoms with Crippen molar-refractivity contribution in [2.45, 2.75) is 51.5 Å². The molecule has 158 valence electrons. The number of aliphatic carboxylic acids is 1. The van der Waals surface area contributed by atoms with Crippen LogP contribution in [-0.2, 0) is 16.0 Å². The number of allylic oxidation sites excluding steroid dienone is 1. The van der Waals surface area contributed by atoms with E-state index in [1.165, 1.54) is 31.2 Å². The molecule has 5 heteroatoms. The predicted octanol–water partition coefficient (Wildman–Crippen LogP) is 5.01. The first-order valence-electron chi connectivity index (χ1n) is 10.6. The first-order valence-corrected chi connectivity index (χ1v) is 10.6.